The van der Waals surface area contributed by atoms with Crippen LogP contribution >= 0.6 is 0 Å². The van der Waals surface area contributed by atoms with Gasteiger partial charge in [-0.05, 0) is 38.9 Å². The number of pyridine rings is 1. The molecule has 0 saturated heterocycles. The summed E-state index contributed by atoms with van der Waals surface area (Å²) in [5, 5.41) is 4.37. The molecule has 2 aromatic heterocycles. The molecule has 0 atom stereocenters. The van der Waals surface area contributed by atoms with Crippen LogP contribution in [0.5, 0.6) is 11.6 Å². The molecule has 0 bridgehead atoms. The van der Waals surface area contributed by atoms with Crippen LogP contribution in [0.15, 0.2) is 18.3 Å². The smallest absolute Gasteiger partial charge is 0.221 e. The Morgan fingerprint density at radius 1 is 1.33 bits per heavy atom. The van der Waals surface area contributed by atoms with E-state index in [-0.39, 0.29) is 0 Å². The molecule has 2 N–H and O–H groups in total. The highest BCUT2D eigenvalue weighted by molar-refractivity contribution is 5.37. The molecule has 0 fully saturated rings. The molecule has 2 aromatic rings. The Kier molecular flexibility index (Phi) is 3.62. The first kappa shape index (κ1) is 12.6. The number of hydrogen-bond donors (Lipinski definition) is 1. The summed E-state index contributed by atoms with van der Waals surface area (Å²) in [5.41, 5.74) is 8.50. The number of nitrogens with two attached hydrogens (primary N) is 1. The number of aromatic nitrogens is 3. The molecule has 0 amide bonds. The SMILES string of the molecule is Cc1ncccc1Oc1c(CCN)c(C)nn1C. The molecule has 18 heavy (non-hydrogen) atoms. The van der Waals surface area contributed by atoms with Crippen LogP contribution in [0.1, 0.15) is 17.0 Å². The van der Waals surface area contributed by atoms with Gasteiger partial charge in [0, 0.05) is 18.8 Å². The summed E-state index contributed by atoms with van der Waals surface area (Å²) in [4.78, 5) is 4.21. The average Bonchev–Trinajstić information content (AvgIpc) is 2.59. The maximum atomic E-state index is 5.93. The molecular formula is C13H18N4O. The zero-order valence-corrected chi connectivity index (χ0v) is 11.0. The van der Waals surface area contributed by atoms with E-state index in [2.05, 4.69) is 10.1 Å². The molecule has 0 unspecified atom stereocenters. The van der Waals surface area contributed by atoms with Gasteiger partial charge in [0.05, 0.1) is 11.4 Å². The first-order valence-corrected chi connectivity index (χ1v) is 5.95. The second-order valence-corrected chi connectivity index (χ2v) is 4.22. The lowest BCUT2D eigenvalue weighted by molar-refractivity contribution is 0.421. The number of aryl methyl sites for hydroxylation is 3. The van der Waals surface area contributed by atoms with Gasteiger partial charge in [0.1, 0.15) is 0 Å². The first-order chi connectivity index (χ1) is 8.63. The molecular weight excluding hydrogens is 228 g/mol. The maximum Gasteiger partial charge on any atom is 0.221 e. The van der Waals surface area contributed by atoms with Crippen LogP contribution < -0.4 is 10.5 Å². The van der Waals surface area contributed by atoms with E-state index < -0.39 is 0 Å². The Morgan fingerprint density at radius 3 is 2.78 bits per heavy atom. The zero-order chi connectivity index (χ0) is 13.1. The topological polar surface area (TPSA) is 66.0 Å². The van der Waals surface area contributed by atoms with Crippen molar-refractivity contribution in [2.24, 2.45) is 12.8 Å². The number of rotatable bonds is 4. The lowest BCUT2D eigenvalue weighted by Gasteiger charge is -2.09. The zero-order valence-electron chi connectivity index (χ0n) is 11.0. The normalized spacial score (nSPS) is 10.7. The number of hydrogen-bond acceptors (Lipinski definition) is 4. The molecule has 0 aliphatic rings. The Morgan fingerprint density at radius 2 is 2.11 bits per heavy atom. The molecule has 0 aliphatic heterocycles. The third-order valence-corrected chi connectivity index (χ3v) is 2.85. The highest BCUT2D eigenvalue weighted by Gasteiger charge is 2.15. The molecule has 5 heteroatoms. The predicted octanol–water partition coefficient (Wildman–Crippen LogP) is 1.73. The Balaban J connectivity index is 2.37. The second kappa shape index (κ2) is 5.18. The highest BCUT2D eigenvalue weighted by Crippen LogP contribution is 2.28. The van der Waals surface area contributed by atoms with Crippen molar-refractivity contribution in [2.75, 3.05) is 6.54 Å². The predicted molar refractivity (Wildman–Crippen MR) is 69.8 cm³/mol. The van der Waals surface area contributed by atoms with Gasteiger partial charge in [0.15, 0.2) is 5.75 Å². The lowest BCUT2D eigenvalue weighted by Crippen LogP contribution is -2.05. The van der Waals surface area contributed by atoms with Crippen molar-refractivity contribution in [3.05, 3.63) is 35.3 Å². The van der Waals surface area contributed by atoms with Crippen molar-refractivity contribution in [2.45, 2.75) is 20.3 Å². The minimum Gasteiger partial charge on any atom is -0.437 e. The van der Waals surface area contributed by atoms with E-state index in [1.807, 2.05) is 33.0 Å². The quantitative estimate of drug-likeness (QED) is 0.892. The molecule has 0 aliphatic carbocycles. The fraction of sp³-hybridized carbons (Fsp3) is 0.385. The van der Waals surface area contributed by atoms with Gasteiger partial charge in [0.2, 0.25) is 5.88 Å². The maximum absolute atomic E-state index is 5.93. The largest absolute Gasteiger partial charge is 0.437 e. The van der Waals surface area contributed by atoms with Crippen molar-refractivity contribution in [3.8, 4) is 11.6 Å². The second-order valence-electron chi connectivity index (χ2n) is 4.22. The van der Waals surface area contributed by atoms with Crippen LogP contribution in [-0.4, -0.2) is 21.3 Å². The molecule has 0 saturated carbocycles. The summed E-state index contributed by atoms with van der Waals surface area (Å²) in [6.45, 7) is 4.46. The number of nitrogens with zero attached hydrogens (tertiary/aromatic N) is 3. The lowest BCUT2D eigenvalue weighted by atomic mass is 10.2. The van der Waals surface area contributed by atoms with Crippen molar-refractivity contribution in [3.63, 3.8) is 0 Å². The van der Waals surface area contributed by atoms with Crippen molar-refractivity contribution in [1.29, 1.82) is 0 Å². The van der Waals surface area contributed by atoms with Gasteiger partial charge < -0.3 is 10.5 Å². The Labute approximate surface area is 107 Å². The van der Waals surface area contributed by atoms with E-state index in [9.17, 15) is 0 Å². The third kappa shape index (κ3) is 2.36. The van der Waals surface area contributed by atoms with Gasteiger partial charge >= 0.3 is 0 Å². The van der Waals surface area contributed by atoms with Gasteiger partial charge in [-0.2, -0.15) is 5.10 Å². The Bertz CT molecular complexity index is 548. The molecule has 2 rings (SSSR count). The van der Waals surface area contributed by atoms with Crippen LogP contribution in [0.25, 0.3) is 0 Å². The van der Waals surface area contributed by atoms with Gasteiger partial charge in [-0.15, -0.1) is 0 Å². The summed E-state index contributed by atoms with van der Waals surface area (Å²) >= 11 is 0. The molecule has 0 aromatic carbocycles. The minimum atomic E-state index is 0.578. The summed E-state index contributed by atoms with van der Waals surface area (Å²) in [6.07, 6.45) is 2.51. The Hall–Kier alpha value is -1.88. The van der Waals surface area contributed by atoms with Crippen molar-refractivity contribution in [1.82, 2.24) is 14.8 Å². The molecule has 0 radical (unpaired) electrons. The van der Waals surface area contributed by atoms with Crippen LogP contribution in [0.3, 0.4) is 0 Å². The van der Waals surface area contributed by atoms with E-state index >= 15 is 0 Å². The summed E-state index contributed by atoms with van der Waals surface area (Å²) < 4.78 is 7.67. The average molecular weight is 246 g/mol. The standard InChI is InChI=1S/C13H18N4O/c1-9-11(6-7-14)13(17(3)16-9)18-12-5-4-8-15-10(12)2/h4-5,8H,6-7,14H2,1-3H3. The fourth-order valence-corrected chi connectivity index (χ4v) is 1.92. The summed E-state index contributed by atoms with van der Waals surface area (Å²) in [6, 6.07) is 3.76. The van der Waals surface area contributed by atoms with E-state index in [4.69, 9.17) is 10.5 Å². The highest BCUT2D eigenvalue weighted by atomic mass is 16.5. The van der Waals surface area contributed by atoms with Crippen LogP contribution in [0.4, 0.5) is 0 Å². The van der Waals surface area contributed by atoms with Crippen LogP contribution in [-0.2, 0) is 13.5 Å². The van der Waals surface area contributed by atoms with Gasteiger partial charge in [-0.25, -0.2) is 4.68 Å². The van der Waals surface area contributed by atoms with Gasteiger partial charge in [-0.1, -0.05) is 0 Å². The van der Waals surface area contributed by atoms with E-state index in [0.29, 0.717) is 6.54 Å². The van der Waals surface area contributed by atoms with Crippen molar-refractivity contribution < 1.29 is 4.74 Å². The minimum absolute atomic E-state index is 0.578. The van der Waals surface area contributed by atoms with Crippen LogP contribution in [0.2, 0.25) is 0 Å². The third-order valence-electron chi connectivity index (χ3n) is 2.85. The monoisotopic (exact) mass is 246 g/mol. The fourth-order valence-electron chi connectivity index (χ4n) is 1.92. The van der Waals surface area contributed by atoms with Crippen LogP contribution in [0, 0.1) is 13.8 Å². The van der Waals surface area contributed by atoms with E-state index in [1.165, 1.54) is 0 Å². The first-order valence-electron chi connectivity index (χ1n) is 5.95. The number of ether oxygens (including phenoxy) is 1. The van der Waals surface area contributed by atoms with Crippen molar-refractivity contribution >= 4 is 0 Å². The summed E-state index contributed by atoms with van der Waals surface area (Å²) in [5.74, 6) is 1.49. The van der Waals surface area contributed by atoms with Gasteiger partial charge in [0.25, 0.3) is 0 Å². The van der Waals surface area contributed by atoms with Gasteiger partial charge in [-0.3, -0.25) is 4.98 Å². The van der Waals surface area contributed by atoms with E-state index in [1.54, 1.807) is 10.9 Å². The molecule has 5 nitrogen and oxygen atoms in total. The molecule has 96 valence electrons. The molecule has 2 heterocycles. The van der Waals surface area contributed by atoms with E-state index in [0.717, 1.165) is 35.0 Å². The molecule has 0 spiro atoms. The summed E-state index contributed by atoms with van der Waals surface area (Å²) in [7, 11) is 1.87.